The van der Waals surface area contributed by atoms with Crippen LogP contribution in [0.2, 0.25) is 10.0 Å². The molecule has 0 saturated carbocycles. The first-order valence-electron chi connectivity index (χ1n) is 9.34. The van der Waals surface area contributed by atoms with E-state index in [9.17, 15) is 18.0 Å². The summed E-state index contributed by atoms with van der Waals surface area (Å²) in [5, 5.41) is 3.80. The molecule has 0 spiro atoms. The van der Waals surface area contributed by atoms with E-state index in [2.05, 4.69) is 5.16 Å². The zero-order valence-corrected chi connectivity index (χ0v) is 17.7. The first-order chi connectivity index (χ1) is 15.2. The molecule has 0 N–H and O–H groups in total. The molecule has 0 aromatic heterocycles. The SMILES string of the molecule is O=C(Oc1cccc(C2=NOC(c3cc(Cl)cc(Cl)c3)(C(F)(F)F)C2)c1)c1ccccc1. The molecule has 0 saturated heterocycles. The summed E-state index contributed by atoms with van der Waals surface area (Å²) in [6, 6.07) is 18.0. The quantitative estimate of drug-likeness (QED) is 0.305. The van der Waals surface area contributed by atoms with Crippen LogP contribution in [0.5, 0.6) is 5.75 Å². The van der Waals surface area contributed by atoms with Gasteiger partial charge in [0, 0.05) is 27.6 Å². The molecule has 0 fully saturated rings. The fourth-order valence-corrected chi connectivity index (χ4v) is 3.85. The summed E-state index contributed by atoms with van der Waals surface area (Å²) < 4.78 is 47.8. The van der Waals surface area contributed by atoms with E-state index in [-0.39, 0.29) is 27.1 Å². The van der Waals surface area contributed by atoms with Crippen molar-refractivity contribution in [2.75, 3.05) is 0 Å². The number of carbonyl (C=O) groups is 1. The number of carbonyl (C=O) groups excluding carboxylic acids is 1. The minimum atomic E-state index is -4.80. The third-order valence-corrected chi connectivity index (χ3v) is 5.34. The van der Waals surface area contributed by atoms with Crippen LogP contribution in [0.15, 0.2) is 78.0 Å². The Morgan fingerprint density at radius 2 is 1.66 bits per heavy atom. The van der Waals surface area contributed by atoms with Crippen LogP contribution in [0.1, 0.15) is 27.9 Å². The van der Waals surface area contributed by atoms with Gasteiger partial charge in [0.2, 0.25) is 0 Å². The van der Waals surface area contributed by atoms with Gasteiger partial charge in [0.05, 0.1) is 11.3 Å². The molecule has 1 aliphatic rings. The summed E-state index contributed by atoms with van der Waals surface area (Å²) in [6.45, 7) is 0. The van der Waals surface area contributed by atoms with E-state index in [1.807, 2.05) is 0 Å². The average Bonchev–Trinajstić information content (AvgIpc) is 3.21. The maximum atomic E-state index is 14.1. The number of rotatable bonds is 4. The Hall–Kier alpha value is -3.03. The van der Waals surface area contributed by atoms with Crippen LogP contribution in [-0.2, 0) is 10.4 Å². The molecule has 0 amide bonds. The molecule has 4 rings (SSSR count). The zero-order chi connectivity index (χ0) is 22.9. The monoisotopic (exact) mass is 479 g/mol. The lowest BCUT2D eigenvalue weighted by atomic mass is 9.86. The number of hydrogen-bond acceptors (Lipinski definition) is 4. The fourth-order valence-electron chi connectivity index (χ4n) is 3.32. The van der Waals surface area contributed by atoms with E-state index >= 15 is 0 Å². The van der Waals surface area contributed by atoms with Gasteiger partial charge in [-0.1, -0.05) is 58.7 Å². The Labute approximate surface area is 191 Å². The van der Waals surface area contributed by atoms with Crippen LogP contribution in [0.4, 0.5) is 13.2 Å². The second-order valence-corrected chi connectivity index (χ2v) is 7.95. The Morgan fingerprint density at radius 1 is 0.969 bits per heavy atom. The van der Waals surface area contributed by atoms with Gasteiger partial charge in [-0.2, -0.15) is 13.2 Å². The van der Waals surface area contributed by atoms with Crippen LogP contribution < -0.4 is 4.74 Å². The van der Waals surface area contributed by atoms with Gasteiger partial charge in [-0.05, 0) is 42.5 Å². The normalized spacial score (nSPS) is 18.1. The largest absolute Gasteiger partial charge is 0.435 e. The molecule has 1 heterocycles. The highest BCUT2D eigenvalue weighted by molar-refractivity contribution is 6.34. The van der Waals surface area contributed by atoms with Crippen molar-refractivity contribution in [1.29, 1.82) is 0 Å². The lowest BCUT2D eigenvalue weighted by Crippen LogP contribution is -2.42. The summed E-state index contributed by atoms with van der Waals surface area (Å²) >= 11 is 11.8. The minimum Gasteiger partial charge on any atom is -0.423 e. The Morgan fingerprint density at radius 3 is 2.31 bits per heavy atom. The third-order valence-electron chi connectivity index (χ3n) is 4.90. The molecule has 0 aliphatic carbocycles. The molecule has 9 heteroatoms. The predicted octanol–water partition coefficient (Wildman–Crippen LogP) is 6.79. The standard InChI is InChI=1S/C23H14Cl2F3NO3/c24-17-10-16(11-18(25)12-17)22(23(26,27)28)13-20(29-32-22)15-7-4-8-19(9-15)31-21(30)14-5-2-1-3-6-14/h1-12H,13H2. The molecule has 4 nitrogen and oxygen atoms in total. The van der Waals surface area contributed by atoms with Crippen LogP contribution in [-0.4, -0.2) is 17.9 Å². The van der Waals surface area contributed by atoms with Crippen molar-refractivity contribution in [3.8, 4) is 5.75 Å². The van der Waals surface area contributed by atoms with Crippen molar-refractivity contribution < 1.29 is 27.5 Å². The van der Waals surface area contributed by atoms with Crippen molar-refractivity contribution in [1.82, 2.24) is 0 Å². The van der Waals surface area contributed by atoms with Gasteiger partial charge in [0.15, 0.2) is 0 Å². The molecule has 0 bridgehead atoms. The van der Waals surface area contributed by atoms with E-state index in [4.69, 9.17) is 32.8 Å². The van der Waals surface area contributed by atoms with Crippen molar-refractivity contribution in [3.05, 3.63) is 99.5 Å². The number of hydrogen-bond donors (Lipinski definition) is 0. The Kier molecular flexibility index (Phi) is 5.88. The highest BCUT2D eigenvalue weighted by Crippen LogP contribution is 2.49. The van der Waals surface area contributed by atoms with Crippen LogP contribution in [0.3, 0.4) is 0 Å². The maximum absolute atomic E-state index is 14.1. The maximum Gasteiger partial charge on any atom is 0.435 e. The highest BCUT2D eigenvalue weighted by Gasteiger charge is 2.62. The highest BCUT2D eigenvalue weighted by atomic mass is 35.5. The van der Waals surface area contributed by atoms with E-state index in [0.717, 1.165) is 12.1 Å². The number of ether oxygens (including phenoxy) is 1. The molecular weight excluding hydrogens is 466 g/mol. The molecular formula is C23H14Cl2F3NO3. The van der Waals surface area contributed by atoms with Crippen molar-refractivity contribution in [2.24, 2.45) is 5.16 Å². The molecule has 1 aliphatic heterocycles. The summed E-state index contributed by atoms with van der Waals surface area (Å²) in [5.74, 6) is -0.431. The molecule has 3 aromatic rings. The average molecular weight is 480 g/mol. The van der Waals surface area contributed by atoms with Gasteiger partial charge in [0.25, 0.3) is 5.60 Å². The van der Waals surface area contributed by atoms with Crippen molar-refractivity contribution >= 4 is 34.9 Å². The summed E-state index contributed by atoms with van der Waals surface area (Å²) in [5.41, 5.74) is -2.30. The lowest BCUT2D eigenvalue weighted by Gasteiger charge is -2.29. The third kappa shape index (κ3) is 4.31. The predicted molar refractivity (Wildman–Crippen MR) is 114 cm³/mol. The number of nitrogens with zero attached hydrogens (tertiary/aromatic N) is 1. The van der Waals surface area contributed by atoms with Gasteiger partial charge >= 0.3 is 12.1 Å². The van der Waals surface area contributed by atoms with Gasteiger partial charge in [-0.15, -0.1) is 0 Å². The van der Waals surface area contributed by atoms with Crippen LogP contribution in [0, 0.1) is 0 Å². The van der Waals surface area contributed by atoms with Crippen LogP contribution in [0.25, 0.3) is 0 Å². The van der Waals surface area contributed by atoms with E-state index in [0.29, 0.717) is 11.1 Å². The van der Waals surface area contributed by atoms with E-state index < -0.39 is 24.2 Å². The number of oxime groups is 1. The minimum absolute atomic E-state index is 0.0380. The Balaban J connectivity index is 1.61. The number of esters is 1. The first-order valence-corrected chi connectivity index (χ1v) is 10.1. The van der Waals surface area contributed by atoms with Gasteiger partial charge < -0.3 is 9.57 Å². The second-order valence-electron chi connectivity index (χ2n) is 7.07. The van der Waals surface area contributed by atoms with Gasteiger partial charge in [-0.3, -0.25) is 0 Å². The van der Waals surface area contributed by atoms with E-state index in [1.54, 1.807) is 42.5 Å². The van der Waals surface area contributed by atoms with Crippen LogP contribution >= 0.6 is 23.2 Å². The molecule has 3 aromatic carbocycles. The first kappa shape index (κ1) is 22.2. The zero-order valence-electron chi connectivity index (χ0n) is 16.2. The van der Waals surface area contributed by atoms with Crippen molar-refractivity contribution in [3.63, 3.8) is 0 Å². The van der Waals surface area contributed by atoms with E-state index in [1.165, 1.54) is 18.2 Å². The van der Waals surface area contributed by atoms with Crippen molar-refractivity contribution in [2.45, 2.75) is 18.2 Å². The summed E-state index contributed by atoms with van der Waals surface area (Å²) in [7, 11) is 0. The lowest BCUT2D eigenvalue weighted by molar-refractivity contribution is -0.275. The van der Waals surface area contributed by atoms with Gasteiger partial charge in [-0.25, -0.2) is 4.79 Å². The molecule has 1 unspecified atom stereocenters. The summed E-state index contributed by atoms with van der Waals surface area (Å²) in [4.78, 5) is 17.3. The molecule has 32 heavy (non-hydrogen) atoms. The second kappa shape index (κ2) is 8.48. The van der Waals surface area contributed by atoms with Gasteiger partial charge in [0.1, 0.15) is 5.75 Å². The molecule has 0 radical (unpaired) electrons. The topological polar surface area (TPSA) is 47.9 Å². The number of halogens is 5. The number of alkyl halides is 3. The number of benzene rings is 3. The molecule has 1 atom stereocenters. The molecule has 164 valence electrons. The summed E-state index contributed by atoms with van der Waals surface area (Å²) in [6.07, 6.45) is -5.41. The fraction of sp³-hybridized carbons (Fsp3) is 0.130. The Bertz CT molecular complexity index is 1180. The smallest absolute Gasteiger partial charge is 0.423 e.